The van der Waals surface area contributed by atoms with E-state index in [0.717, 1.165) is 31.5 Å². The molecule has 4 heteroatoms. The largest absolute Gasteiger partial charge is 0.474 e. The van der Waals surface area contributed by atoms with E-state index in [1.807, 2.05) is 19.1 Å². The Kier molecular flexibility index (Phi) is 3.97. The van der Waals surface area contributed by atoms with Crippen molar-refractivity contribution in [1.82, 2.24) is 9.88 Å². The maximum atomic E-state index is 5.86. The zero-order valence-corrected chi connectivity index (χ0v) is 10.6. The van der Waals surface area contributed by atoms with Crippen molar-refractivity contribution in [1.29, 1.82) is 0 Å². The van der Waals surface area contributed by atoms with Crippen molar-refractivity contribution in [2.75, 3.05) is 20.1 Å². The van der Waals surface area contributed by atoms with Crippen LogP contribution in [0.25, 0.3) is 0 Å². The van der Waals surface area contributed by atoms with Crippen molar-refractivity contribution >= 4 is 0 Å². The van der Waals surface area contributed by atoms with Gasteiger partial charge in [0.25, 0.3) is 0 Å². The lowest BCUT2D eigenvalue weighted by Crippen LogP contribution is -2.35. The van der Waals surface area contributed by atoms with Crippen molar-refractivity contribution in [2.45, 2.75) is 31.9 Å². The standard InChI is InChI=1S/C13H21N3O/c1-10(14)11-3-4-13(15-9-11)17-12-5-7-16(2)8-6-12/h3-4,9-10,12H,5-8,14H2,1-2H3/t10-/m0/s1. The van der Waals surface area contributed by atoms with Crippen molar-refractivity contribution in [3.05, 3.63) is 23.9 Å². The molecule has 0 unspecified atom stereocenters. The number of likely N-dealkylation sites (tertiary alicyclic amines) is 1. The Morgan fingerprint density at radius 2 is 2.12 bits per heavy atom. The van der Waals surface area contributed by atoms with E-state index >= 15 is 0 Å². The number of hydrogen-bond acceptors (Lipinski definition) is 4. The highest BCUT2D eigenvalue weighted by Gasteiger charge is 2.18. The number of nitrogens with zero attached hydrogens (tertiary/aromatic N) is 2. The van der Waals surface area contributed by atoms with Gasteiger partial charge in [0.05, 0.1) is 0 Å². The molecule has 0 spiro atoms. The average molecular weight is 235 g/mol. The van der Waals surface area contributed by atoms with Gasteiger partial charge in [-0.05, 0) is 32.4 Å². The molecule has 1 aliphatic rings. The molecule has 17 heavy (non-hydrogen) atoms. The zero-order chi connectivity index (χ0) is 12.3. The first kappa shape index (κ1) is 12.3. The molecule has 1 atom stereocenters. The van der Waals surface area contributed by atoms with Crippen LogP contribution in [0.1, 0.15) is 31.4 Å². The first-order chi connectivity index (χ1) is 8.15. The number of ether oxygens (including phenoxy) is 1. The van der Waals surface area contributed by atoms with Crippen LogP contribution in [0.3, 0.4) is 0 Å². The fraction of sp³-hybridized carbons (Fsp3) is 0.615. The number of rotatable bonds is 3. The Morgan fingerprint density at radius 1 is 1.41 bits per heavy atom. The minimum atomic E-state index is 0.0277. The summed E-state index contributed by atoms with van der Waals surface area (Å²) in [6, 6.07) is 3.93. The van der Waals surface area contributed by atoms with Crippen LogP contribution in [0.2, 0.25) is 0 Å². The highest BCUT2D eigenvalue weighted by Crippen LogP contribution is 2.18. The van der Waals surface area contributed by atoms with Crippen LogP contribution < -0.4 is 10.5 Å². The maximum Gasteiger partial charge on any atom is 0.213 e. The van der Waals surface area contributed by atoms with Crippen molar-refractivity contribution in [2.24, 2.45) is 5.73 Å². The maximum absolute atomic E-state index is 5.86. The topological polar surface area (TPSA) is 51.4 Å². The Bertz CT molecular complexity index is 342. The fourth-order valence-electron chi connectivity index (χ4n) is 2.00. The van der Waals surface area contributed by atoms with Gasteiger partial charge in [-0.2, -0.15) is 0 Å². The van der Waals surface area contributed by atoms with E-state index in [-0.39, 0.29) is 6.04 Å². The van der Waals surface area contributed by atoms with E-state index in [2.05, 4.69) is 16.9 Å². The third-order valence-electron chi connectivity index (χ3n) is 3.24. The van der Waals surface area contributed by atoms with Gasteiger partial charge < -0.3 is 15.4 Å². The predicted octanol–water partition coefficient (Wildman–Crippen LogP) is 1.57. The van der Waals surface area contributed by atoms with E-state index in [1.165, 1.54) is 0 Å². The molecule has 2 rings (SSSR count). The van der Waals surface area contributed by atoms with Crippen molar-refractivity contribution < 1.29 is 4.74 Å². The van der Waals surface area contributed by atoms with Crippen LogP contribution >= 0.6 is 0 Å². The number of piperidine rings is 1. The summed E-state index contributed by atoms with van der Waals surface area (Å²) in [7, 11) is 2.14. The molecule has 2 N–H and O–H groups in total. The lowest BCUT2D eigenvalue weighted by Gasteiger charge is -2.28. The molecule has 0 aliphatic carbocycles. The third-order valence-corrected chi connectivity index (χ3v) is 3.24. The van der Waals surface area contributed by atoms with E-state index < -0.39 is 0 Å². The van der Waals surface area contributed by atoms with Gasteiger partial charge >= 0.3 is 0 Å². The summed E-state index contributed by atoms with van der Waals surface area (Å²) in [6.07, 6.45) is 4.26. The smallest absolute Gasteiger partial charge is 0.213 e. The van der Waals surface area contributed by atoms with Crippen LogP contribution in [0.4, 0.5) is 0 Å². The molecule has 0 saturated carbocycles. The molecule has 1 aromatic rings. The van der Waals surface area contributed by atoms with Gasteiger partial charge in [0.1, 0.15) is 6.10 Å². The second-order valence-electron chi connectivity index (χ2n) is 4.84. The summed E-state index contributed by atoms with van der Waals surface area (Å²) >= 11 is 0. The molecule has 2 heterocycles. The number of hydrogen-bond donors (Lipinski definition) is 1. The predicted molar refractivity (Wildman–Crippen MR) is 68.0 cm³/mol. The third kappa shape index (κ3) is 3.41. The normalized spacial score (nSPS) is 20.2. The number of aromatic nitrogens is 1. The van der Waals surface area contributed by atoms with Crippen LogP contribution in [-0.2, 0) is 0 Å². The highest BCUT2D eigenvalue weighted by atomic mass is 16.5. The summed E-state index contributed by atoms with van der Waals surface area (Å²) in [4.78, 5) is 6.62. The molecule has 94 valence electrons. The first-order valence-electron chi connectivity index (χ1n) is 6.22. The minimum Gasteiger partial charge on any atom is -0.474 e. The van der Waals surface area contributed by atoms with E-state index in [9.17, 15) is 0 Å². The minimum absolute atomic E-state index is 0.0277. The second kappa shape index (κ2) is 5.47. The zero-order valence-electron chi connectivity index (χ0n) is 10.6. The summed E-state index contributed by atoms with van der Waals surface area (Å²) in [5, 5.41) is 0. The van der Waals surface area contributed by atoms with Crippen LogP contribution in [0, 0.1) is 0 Å². The summed E-state index contributed by atoms with van der Waals surface area (Å²) in [5.41, 5.74) is 6.82. The molecule has 0 bridgehead atoms. The average Bonchev–Trinajstić information content (AvgIpc) is 2.33. The summed E-state index contributed by atoms with van der Waals surface area (Å²) in [6.45, 7) is 4.15. The van der Waals surface area contributed by atoms with E-state index in [1.54, 1.807) is 6.20 Å². The molecule has 1 saturated heterocycles. The first-order valence-corrected chi connectivity index (χ1v) is 6.22. The van der Waals surface area contributed by atoms with Crippen molar-refractivity contribution in [3.63, 3.8) is 0 Å². The van der Waals surface area contributed by atoms with Gasteiger partial charge in [-0.3, -0.25) is 0 Å². The van der Waals surface area contributed by atoms with Crippen LogP contribution in [0.5, 0.6) is 5.88 Å². The van der Waals surface area contributed by atoms with Gasteiger partial charge in [0, 0.05) is 31.4 Å². The van der Waals surface area contributed by atoms with Gasteiger partial charge in [0.15, 0.2) is 0 Å². The van der Waals surface area contributed by atoms with Crippen molar-refractivity contribution in [3.8, 4) is 5.88 Å². The van der Waals surface area contributed by atoms with Crippen LogP contribution in [-0.4, -0.2) is 36.1 Å². The molecule has 0 radical (unpaired) electrons. The molecule has 1 aliphatic heterocycles. The Hall–Kier alpha value is -1.13. The molecule has 0 aromatic carbocycles. The Labute approximate surface area is 103 Å². The lowest BCUT2D eigenvalue weighted by atomic mass is 10.1. The molecular weight excluding hydrogens is 214 g/mol. The van der Waals surface area contributed by atoms with E-state index in [0.29, 0.717) is 12.0 Å². The Balaban J connectivity index is 1.90. The van der Waals surface area contributed by atoms with E-state index in [4.69, 9.17) is 10.5 Å². The van der Waals surface area contributed by atoms with Gasteiger partial charge in [0.2, 0.25) is 5.88 Å². The number of pyridine rings is 1. The fourth-order valence-corrected chi connectivity index (χ4v) is 2.00. The summed E-state index contributed by atoms with van der Waals surface area (Å²) < 4.78 is 5.86. The molecule has 0 amide bonds. The number of nitrogens with two attached hydrogens (primary N) is 1. The monoisotopic (exact) mass is 235 g/mol. The quantitative estimate of drug-likeness (QED) is 0.864. The molecule has 1 aromatic heterocycles. The second-order valence-corrected chi connectivity index (χ2v) is 4.84. The Morgan fingerprint density at radius 3 is 2.65 bits per heavy atom. The summed E-state index contributed by atoms with van der Waals surface area (Å²) in [5.74, 6) is 0.712. The lowest BCUT2D eigenvalue weighted by molar-refractivity contribution is 0.110. The van der Waals surface area contributed by atoms with Gasteiger partial charge in [-0.15, -0.1) is 0 Å². The van der Waals surface area contributed by atoms with Gasteiger partial charge in [-0.25, -0.2) is 4.98 Å². The van der Waals surface area contributed by atoms with Gasteiger partial charge in [-0.1, -0.05) is 6.07 Å². The SMILES string of the molecule is C[C@H](N)c1ccc(OC2CCN(C)CC2)nc1. The molecule has 4 nitrogen and oxygen atoms in total. The highest BCUT2D eigenvalue weighted by molar-refractivity contribution is 5.20. The van der Waals surface area contributed by atoms with Crippen LogP contribution in [0.15, 0.2) is 18.3 Å². The molecule has 1 fully saturated rings. The molecular formula is C13H21N3O.